The first-order valence-electron chi connectivity index (χ1n) is 11.3. The molecule has 0 unspecified atom stereocenters. The Kier molecular flexibility index (Phi) is 8.15. The molecule has 33 heavy (non-hydrogen) atoms. The SMILES string of the molecule is O=C(NC1CCCCC1)[C@H](c1cccc(Br)c1)N(C[C@@H]1COc2ccccc2O1)C(=O)CCl. The van der Waals surface area contributed by atoms with Crippen LogP contribution in [0.5, 0.6) is 11.5 Å². The Balaban J connectivity index is 1.60. The highest BCUT2D eigenvalue weighted by Crippen LogP contribution is 2.32. The van der Waals surface area contributed by atoms with Crippen molar-refractivity contribution in [2.24, 2.45) is 0 Å². The number of amides is 2. The van der Waals surface area contributed by atoms with Gasteiger partial charge in [-0.25, -0.2) is 0 Å². The number of nitrogens with zero attached hydrogens (tertiary/aromatic N) is 1. The molecule has 2 atom stereocenters. The van der Waals surface area contributed by atoms with E-state index >= 15 is 0 Å². The van der Waals surface area contributed by atoms with Gasteiger partial charge in [0, 0.05) is 10.5 Å². The quantitative estimate of drug-likeness (QED) is 0.515. The molecule has 2 aromatic carbocycles. The molecule has 1 aliphatic heterocycles. The van der Waals surface area contributed by atoms with Crippen molar-refractivity contribution < 1.29 is 19.1 Å². The van der Waals surface area contributed by atoms with Crippen LogP contribution in [0.2, 0.25) is 0 Å². The number of ether oxygens (including phenoxy) is 2. The Hall–Kier alpha value is -2.25. The zero-order valence-electron chi connectivity index (χ0n) is 18.3. The highest BCUT2D eigenvalue weighted by molar-refractivity contribution is 9.10. The van der Waals surface area contributed by atoms with Crippen LogP contribution in [-0.4, -0.2) is 47.9 Å². The average Bonchev–Trinajstić information content (AvgIpc) is 2.83. The van der Waals surface area contributed by atoms with Gasteiger partial charge in [0.2, 0.25) is 11.8 Å². The number of rotatable bonds is 7. The van der Waals surface area contributed by atoms with Gasteiger partial charge in [0.15, 0.2) is 17.6 Å². The van der Waals surface area contributed by atoms with Gasteiger partial charge in [-0.3, -0.25) is 9.59 Å². The van der Waals surface area contributed by atoms with Crippen LogP contribution >= 0.6 is 27.5 Å². The molecule has 1 fully saturated rings. The molecule has 6 nitrogen and oxygen atoms in total. The monoisotopic (exact) mass is 534 g/mol. The first kappa shape index (κ1) is 23.9. The summed E-state index contributed by atoms with van der Waals surface area (Å²) in [5.41, 5.74) is 0.716. The molecule has 4 rings (SSSR count). The number of carbonyl (C=O) groups excluding carboxylic acids is 2. The van der Waals surface area contributed by atoms with Crippen molar-refractivity contribution in [3.8, 4) is 11.5 Å². The Morgan fingerprint density at radius 3 is 2.58 bits per heavy atom. The second kappa shape index (κ2) is 11.3. The van der Waals surface area contributed by atoms with Crippen LogP contribution in [0.4, 0.5) is 0 Å². The van der Waals surface area contributed by atoms with Crippen LogP contribution in [0, 0.1) is 0 Å². The fourth-order valence-corrected chi connectivity index (χ4v) is 5.05. The van der Waals surface area contributed by atoms with Gasteiger partial charge < -0.3 is 19.7 Å². The molecule has 0 spiro atoms. The van der Waals surface area contributed by atoms with Gasteiger partial charge in [-0.2, -0.15) is 0 Å². The van der Waals surface area contributed by atoms with Crippen LogP contribution in [0.1, 0.15) is 43.7 Å². The normalized spacial score (nSPS) is 18.9. The third-order valence-corrected chi connectivity index (χ3v) is 6.80. The molecule has 0 aromatic heterocycles. The fraction of sp³-hybridized carbons (Fsp3) is 0.440. The van der Waals surface area contributed by atoms with Crippen LogP contribution in [-0.2, 0) is 9.59 Å². The second-order valence-electron chi connectivity index (χ2n) is 8.48. The standard InChI is InChI=1S/C25H28BrClN2O4/c26-18-8-6-7-17(13-18)24(25(31)28-19-9-2-1-3-10-19)29(23(30)14-27)15-20-16-32-21-11-4-5-12-22(21)33-20/h4-8,11-13,19-20,24H,1-3,9-10,14-16H2,(H,28,31)/t20-,24+/m1/s1. The molecule has 1 heterocycles. The van der Waals surface area contributed by atoms with E-state index in [1.165, 1.54) is 11.3 Å². The lowest BCUT2D eigenvalue weighted by Crippen LogP contribution is -2.51. The predicted molar refractivity (Wildman–Crippen MR) is 131 cm³/mol. The van der Waals surface area contributed by atoms with Gasteiger partial charge >= 0.3 is 0 Å². The number of nitrogens with one attached hydrogen (secondary N) is 1. The zero-order chi connectivity index (χ0) is 23.2. The van der Waals surface area contributed by atoms with Crippen LogP contribution in [0.15, 0.2) is 53.0 Å². The van der Waals surface area contributed by atoms with E-state index in [1.807, 2.05) is 48.5 Å². The summed E-state index contributed by atoms with van der Waals surface area (Å²) in [5, 5.41) is 3.19. The summed E-state index contributed by atoms with van der Waals surface area (Å²) in [6.07, 6.45) is 4.88. The third-order valence-electron chi connectivity index (χ3n) is 6.08. The van der Waals surface area contributed by atoms with Gasteiger partial charge in [0.25, 0.3) is 0 Å². The largest absolute Gasteiger partial charge is 0.486 e. The lowest BCUT2D eigenvalue weighted by atomic mass is 9.94. The fourth-order valence-electron chi connectivity index (χ4n) is 4.48. The maximum absolute atomic E-state index is 13.6. The van der Waals surface area contributed by atoms with Crippen molar-refractivity contribution in [1.29, 1.82) is 0 Å². The van der Waals surface area contributed by atoms with Crippen LogP contribution in [0.25, 0.3) is 0 Å². The number of hydrogen-bond donors (Lipinski definition) is 1. The smallest absolute Gasteiger partial charge is 0.247 e. The molecule has 176 valence electrons. The van der Waals surface area contributed by atoms with Crippen molar-refractivity contribution in [1.82, 2.24) is 10.2 Å². The summed E-state index contributed by atoms with van der Waals surface area (Å²) in [6.45, 7) is 0.452. The molecular weight excluding hydrogens is 508 g/mol. The lowest BCUT2D eigenvalue weighted by molar-refractivity contribution is -0.141. The van der Waals surface area contributed by atoms with Gasteiger partial charge in [-0.15, -0.1) is 11.6 Å². The summed E-state index contributed by atoms with van der Waals surface area (Å²) in [4.78, 5) is 28.1. The second-order valence-corrected chi connectivity index (χ2v) is 9.66. The molecule has 2 aromatic rings. The minimum Gasteiger partial charge on any atom is -0.486 e. The highest BCUT2D eigenvalue weighted by Gasteiger charge is 2.35. The van der Waals surface area contributed by atoms with Gasteiger partial charge in [-0.05, 0) is 42.7 Å². The topological polar surface area (TPSA) is 67.9 Å². The molecule has 0 saturated heterocycles. The summed E-state index contributed by atoms with van der Waals surface area (Å²) in [7, 11) is 0. The molecular formula is C25H28BrClN2O4. The molecule has 1 aliphatic carbocycles. The van der Waals surface area contributed by atoms with E-state index in [1.54, 1.807) is 0 Å². The van der Waals surface area contributed by atoms with Crippen LogP contribution in [0.3, 0.4) is 0 Å². The van der Waals surface area contributed by atoms with Gasteiger partial charge in [0.05, 0.1) is 6.54 Å². The van der Waals surface area contributed by atoms with E-state index < -0.39 is 12.1 Å². The maximum Gasteiger partial charge on any atom is 0.247 e. The maximum atomic E-state index is 13.6. The highest BCUT2D eigenvalue weighted by atomic mass is 79.9. The number of halogens is 2. The number of carbonyl (C=O) groups is 2. The molecule has 0 radical (unpaired) electrons. The third kappa shape index (κ3) is 6.01. The zero-order valence-corrected chi connectivity index (χ0v) is 20.7. The van der Waals surface area contributed by atoms with Crippen LogP contribution < -0.4 is 14.8 Å². The lowest BCUT2D eigenvalue weighted by Gasteiger charge is -2.36. The van der Waals surface area contributed by atoms with E-state index in [-0.39, 0.29) is 36.9 Å². The van der Waals surface area contributed by atoms with Gasteiger partial charge in [0.1, 0.15) is 18.5 Å². The van der Waals surface area contributed by atoms with Crippen molar-refractivity contribution in [2.45, 2.75) is 50.3 Å². The Morgan fingerprint density at radius 1 is 1.09 bits per heavy atom. The molecule has 2 amide bonds. The Labute approximate surface area is 207 Å². The Morgan fingerprint density at radius 2 is 1.85 bits per heavy atom. The molecule has 2 aliphatic rings. The molecule has 1 N–H and O–H groups in total. The van der Waals surface area contributed by atoms with Crippen molar-refractivity contribution in [3.63, 3.8) is 0 Å². The minimum absolute atomic E-state index is 0.120. The summed E-state index contributed by atoms with van der Waals surface area (Å²) in [5.74, 6) is 0.532. The van der Waals surface area contributed by atoms with E-state index in [0.29, 0.717) is 17.1 Å². The first-order chi connectivity index (χ1) is 16.0. The molecule has 8 heteroatoms. The van der Waals surface area contributed by atoms with Gasteiger partial charge in [-0.1, -0.05) is 59.5 Å². The number of hydrogen-bond acceptors (Lipinski definition) is 4. The summed E-state index contributed by atoms with van der Waals surface area (Å²) in [6, 6.07) is 14.2. The molecule has 0 bridgehead atoms. The number of para-hydroxylation sites is 2. The number of alkyl halides is 1. The number of benzene rings is 2. The molecule has 1 saturated carbocycles. The predicted octanol–water partition coefficient (Wildman–Crippen LogP) is 4.85. The minimum atomic E-state index is -0.823. The van der Waals surface area contributed by atoms with Crippen molar-refractivity contribution >= 4 is 39.3 Å². The van der Waals surface area contributed by atoms with Crippen molar-refractivity contribution in [3.05, 3.63) is 58.6 Å². The summed E-state index contributed by atoms with van der Waals surface area (Å²) >= 11 is 9.49. The average molecular weight is 536 g/mol. The number of fused-ring (bicyclic) bond motifs is 1. The van der Waals surface area contributed by atoms with E-state index in [9.17, 15) is 9.59 Å². The first-order valence-corrected chi connectivity index (χ1v) is 12.7. The Bertz CT molecular complexity index is 982. The van der Waals surface area contributed by atoms with Crippen molar-refractivity contribution in [2.75, 3.05) is 19.0 Å². The summed E-state index contributed by atoms with van der Waals surface area (Å²) < 4.78 is 12.8. The van der Waals surface area contributed by atoms with E-state index in [0.717, 1.165) is 30.2 Å². The van der Waals surface area contributed by atoms with E-state index in [2.05, 4.69) is 21.2 Å². The van der Waals surface area contributed by atoms with E-state index in [4.69, 9.17) is 21.1 Å².